The molecule has 5 nitrogen and oxygen atoms in total. The van der Waals surface area contributed by atoms with Gasteiger partial charge in [-0.2, -0.15) is 0 Å². The molecule has 0 saturated heterocycles. The second-order valence-corrected chi connectivity index (χ2v) is 5.82. The normalized spacial score (nSPS) is 30.8. The van der Waals surface area contributed by atoms with Crippen molar-refractivity contribution in [2.24, 2.45) is 11.7 Å². The van der Waals surface area contributed by atoms with E-state index < -0.39 is 5.54 Å². The smallest absolute Gasteiger partial charge is 0.240 e. The molecular weight excluding hydrogens is 244 g/mol. The van der Waals surface area contributed by atoms with Crippen molar-refractivity contribution in [3.8, 4) is 0 Å². The lowest BCUT2D eigenvalue weighted by atomic mass is 9.92. The lowest BCUT2D eigenvalue weighted by Crippen LogP contribution is -2.59. The summed E-state index contributed by atoms with van der Waals surface area (Å²) in [7, 11) is 3.55. The molecule has 1 amide bonds. The highest BCUT2D eigenvalue weighted by Gasteiger charge is 2.49. The molecule has 3 atom stereocenters. The van der Waals surface area contributed by atoms with E-state index in [1.54, 1.807) is 14.2 Å². The molecule has 2 saturated carbocycles. The Labute approximate surface area is 115 Å². The van der Waals surface area contributed by atoms with Crippen LogP contribution in [0.5, 0.6) is 0 Å². The van der Waals surface area contributed by atoms with Crippen LogP contribution in [0.2, 0.25) is 0 Å². The Kier molecular flexibility index (Phi) is 4.81. The first-order chi connectivity index (χ1) is 9.12. The fourth-order valence-corrected chi connectivity index (χ4v) is 3.08. The highest BCUT2D eigenvalue weighted by Crippen LogP contribution is 2.40. The Balaban J connectivity index is 1.90. The summed E-state index contributed by atoms with van der Waals surface area (Å²) in [6.45, 7) is 0.380. The van der Waals surface area contributed by atoms with Gasteiger partial charge in [-0.05, 0) is 51.5 Å². The van der Waals surface area contributed by atoms with Gasteiger partial charge in [0.2, 0.25) is 5.91 Å². The Morgan fingerprint density at radius 2 is 2.00 bits per heavy atom. The zero-order valence-electron chi connectivity index (χ0n) is 12.0. The second kappa shape index (κ2) is 6.20. The number of rotatable bonds is 7. The van der Waals surface area contributed by atoms with E-state index in [0.717, 1.165) is 38.5 Å². The van der Waals surface area contributed by atoms with Crippen molar-refractivity contribution in [1.29, 1.82) is 0 Å². The number of carbonyl (C=O) groups excluding carboxylic acids is 1. The van der Waals surface area contributed by atoms with E-state index in [4.69, 9.17) is 15.2 Å². The summed E-state index contributed by atoms with van der Waals surface area (Å²) in [5, 5.41) is 3.11. The number of methoxy groups -OCH3 is 1. The van der Waals surface area contributed by atoms with Crippen LogP contribution in [-0.2, 0) is 14.3 Å². The molecule has 5 heteroatoms. The molecule has 0 radical (unpaired) electrons. The number of nitrogens with one attached hydrogen (secondary N) is 1. The van der Waals surface area contributed by atoms with Gasteiger partial charge in [-0.3, -0.25) is 4.79 Å². The number of amides is 1. The van der Waals surface area contributed by atoms with Crippen molar-refractivity contribution < 1.29 is 14.3 Å². The third-order valence-corrected chi connectivity index (χ3v) is 4.62. The SMILES string of the molecule is CNC(COC1CCCC(OC)C1)(C(N)=O)C1CC1. The van der Waals surface area contributed by atoms with Crippen LogP contribution in [0.25, 0.3) is 0 Å². The predicted molar refractivity (Wildman–Crippen MR) is 72.7 cm³/mol. The first-order valence-corrected chi connectivity index (χ1v) is 7.25. The third kappa shape index (κ3) is 3.27. The summed E-state index contributed by atoms with van der Waals surface area (Å²) in [6.07, 6.45) is 6.77. The Hall–Kier alpha value is -0.650. The molecule has 2 fully saturated rings. The monoisotopic (exact) mass is 270 g/mol. The van der Waals surface area contributed by atoms with Crippen molar-refractivity contribution in [3.05, 3.63) is 0 Å². The molecule has 3 N–H and O–H groups in total. The molecule has 19 heavy (non-hydrogen) atoms. The summed E-state index contributed by atoms with van der Waals surface area (Å²) in [5.74, 6) is 0.0356. The van der Waals surface area contributed by atoms with Crippen molar-refractivity contribution in [3.63, 3.8) is 0 Å². The van der Waals surface area contributed by atoms with Gasteiger partial charge in [-0.1, -0.05) is 0 Å². The molecular formula is C14H26N2O3. The van der Waals surface area contributed by atoms with Crippen LogP contribution in [0.4, 0.5) is 0 Å². The quantitative estimate of drug-likeness (QED) is 0.718. The van der Waals surface area contributed by atoms with E-state index in [2.05, 4.69) is 5.32 Å². The van der Waals surface area contributed by atoms with E-state index in [0.29, 0.717) is 12.5 Å². The first-order valence-electron chi connectivity index (χ1n) is 7.25. The molecule has 0 aromatic carbocycles. The van der Waals surface area contributed by atoms with Crippen LogP contribution in [0, 0.1) is 5.92 Å². The minimum Gasteiger partial charge on any atom is -0.381 e. The van der Waals surface area contributed by atoms with Gasteiger partial charge in [-0.25, -0.2) is 0 Å². The summed E-state index contributed by atoms with van der Waals surface area (Å²) < 4.78 is 11.4. The Morgan fingerprint density at radius 1 is 1.32 bits per heavy atom. The number of hydrogen-bond donors (Lipinski definition) is 2. The fraction of sp³-hybridized carbons (Fsp3) is 0.929. The summed E-state index contributed by atoms with van der Waals surface area (Å²) in [5.41, 5.74) is 4.91. The van der Waals surface area contributed by atoms with E-state index in [9.17, 15) is 4.79 Å². The average molecular weight is 270 g/mol. The molecule has 0 spiro atoms. The van der Waals surface area contributed by atoms with Crippen molar-refractivity contribution in [2.45, 2.75) is 56.3 Å². The molecule has 0 bridgehead atoms. The van der Waals surface area contributed by atoms with Gasteiger partial charge in [0.15, 0.2) is 0 Å². The molecule has 3 unspecified atom stereocenters. The van der Waals surface area contributed by atoms with Crippen molar-refractivity contribution in [1.82, 2.24) is 5.32 Å². The fourth-order valence-electron chi connectivity index (χ4n) is 3.08. The van der Waals surface area contributed by atoms with Gasteiger partial charge >= 0.3 is 0 Å². The van der Waals surface area contributed by atoms with E-state index in [1.165, 1.54) is 0 Å². The maximum absolute atomic E-state index is 11.8. The van der Waals surface area contributed by atoms with Gasteiger partial charge < -0.3 is 20.5 Å². The Bertz CT molecular complexity index is 320. The van der Waals surface area contributed by atoms with Crippen LogP contribution >= 0.6 is 0 Å². The molecule has 2 aliphatic carbocycles. The summed E-state index contributed by atoms with van der Waals surface area (Å²) >= 11 is 0. The van der Waals surface area contributed by atoms with Crippen LogP contribution in [0.3, 0.4) is 0 Å². The molecule has 0 heterocycles. The van der Waals surface area contributed by atoms with Crippen LogP contribution in [0.1, 0.15) is 38.5 Å². The van der Waals surface area contributed by atoms with Gasteiger partial charge in [-0.15, -0.1) is 0 Å². The largest absolute Gasteiger partial charge is 0.381 e. The van der Waals surface area contributed by atoms with E-state index in [1.807, 2.05) is 0 Å². The molecule has 0 aromatic heterocycles. The molecule has 2 aliphatic rings. The molecule has 110 valence electrons. The number of carbonyl (C=O) groups is 1. The van der Waals surface area contributed by atoms with Crippen LogP contribution in [-0.4, -0.2) is 44.4 Å². The standard InChI is InChI=1S/C14H26N2O3/c1-16-14(13(15)17,10-6-7-10)9-19-12-5-3-4-11(8-12)18-2/h10-12,16H,3-9H2,1-2H3,(H2,15,17). The predicted octanol–water partition coefficient (Wildman–Crippen LogP) is 0.814. The lowest BCUT2D eigenvalue weighted by molar-refractivity contribution is -0.130. The minimum atomic E-state index is -0.681. The average Bonchev–Trinajstić information content (AvgIpc) is 3.25. The molecule has 0 aliphatic heterocycles. The Morgan fingerprint density at radius 3 is 2.53 bits per heavy atom. The van der Waals surface area contributed by atoms with Gasteiger partial charge in [0.25, 0.3) is 0 Å². The van der Waals surface area contributed by atoms with Crippen LogP contribution < -0.4 is 11.1 Å². The van der Waals surface area contributed by atoms with Crippen LogP contribution in [0.15, 0.2) is 0 Å². The second-order valence-electron chi connectivity index (χ2n) is 5.82. The van der Waals surface area contributed by atoms with Gasteiger partial charge in [0, 0.05) is 7.11 Å². The van der Waals surface area contributed by atoms with Gasteiger partial charge in [0.1, 0.15) is 5.54 Å². The zero-order chi connectivity index (χ0) is 13.9. The summed E-state index contributed by atoms with van der Waals surface area (Å²) in [6, 6.07) is 0. The third-order valence-electron chi connectivity index (χ3n) is 4.62. The number of hydrogen-bond acceptors (Lipinski definition) is 4. The lowest BCUT2D eigenvalue weighted by Gasteiger charge is -2.34. The number of ether oxygens (including phenoxy) is 2. The highest BCUT2D eigenvalue weighted by molar-refractivity contribution is 5.85. The van der Waals surface area contributed by atoms with Gasteiger partial charge in [0.05, 0.1) is 18.8 Å². The maximum Gasteiger partial charge on any atom is 0.240 e. The number of primary amides is 1. The highest BCUT2D eigenvalue weighted by atomic mass is 16.5. The first kappa shape index (κ1) is 14.8. The van der Waals surface area contributed by atoms with E-state index in [-0.39, 0.29) is 18.1 Å². The molecule has 0 aromatic rings. The summed E-state index contributed by atoms with van der Waals surface area (Å²) in [4.78, 5) is 11.8. The maximum atomic E-state index is 11.8. The minimum absolute atomic E-state index is 0.185. The molecule has 2 rings (SSSR count). The number of likely N-dealkylation sites (N-methyl/N-ethyl adjacent to an activating group) is 1. The number of nitrogens with two attached hydrogens (primary N) is 1. The van der Waals surface area contributed by atoms with Crippen molar-refractivity contribution >= 4 is 5.91 Å². The van der Waals surface area contributed by atoms with Crippen molar-refractivity contribution in [2.75, 3.05) is 20.8 Å². The van der Waals surface area contributed by atoms with E-state index >= 15 is 0 Å². The topological polar surface area (TPSA) is 73.6 Å². The zero-order valence-corrected chi connectivity index (χ0v) is 12.0.